The summed E-state index contributed by atoms with van der Waals surface area (Å²) in [5, 5.41) is 5.59. The third-order valence-corrected chi connectivity index (χ3v) is 12.0. The Hall–Kier alpha value is -4.14. The highest BCUT2D eigenvalue weighted by molar-refractivity contribution is 7.91. The molecule has 0 unspecified atom stereocenters. The second kappa shape index (κ2) is 13.0. The van der Waals surface area contributed by atoms with E-state index in [4.69, 9.17) is 9.47 Å². The molecule has 2 aliphatic heterocycles. The monoisotopic (exact) mass is 698 g/mol. The van der Waals surface area contributed by atoms with Crippen molar-refractivity contribution in [2.24, 2.45) is 5.92 Å². The van der Waals surface area contributed by atoms with Crippen molar-refractivity contribution in [1.29, 1.82) is 0 Å². The molecule has 2 aliphatic carbocycles. The van der Waals surface area contributed by atoms with Gasteiger partial charge in [-0.05, 0) is 78.4 Å². The summed E-state index contributed by atoms with van der Waals surface area (Å²) in [5.41, 5.74) is -0.832. The number of hydrogen-bond donors (Lipinski definition) is 4. The summed E-state index contributed by atoms with van der Waals surface area (Å²) >= 11 is 0. The van der Waals surface area contributed by atoms with Gasteiger partial charge in [-0.15, -0.1) is 0 Å². The predicted octanol–water partition coefficient (Wildman–Crippen LogP) is 3.20. The molecule has 4 aliphatic rings. The van der Waals surface area contributed by atoms with Crippen molar-refractivity contribution < 1.29 is 37.1 Å². The number of rotatable bonds is 6. The van der Waals surface area contributed by atoms with Gasteiger partial charge in [0.1, 0.15) is 29.3 Å². The zero-order valence-electron chi connectivity index (χ0n) is 28.4. The Kier molecular flexibility index (Phi) is 9.18. The van der Waals surface area contributed by atoms with Crippen LogP contribution in [0.3, 0.4) is 0 Å². The Morgan fingerprint density at radius 2 is 1.86 bits per heavy atom. The number of hydrogen-bond acceptors (Lipinski definition) is 9. The van der Waals surface area contributed by atoms with E-state index in [2.05, 4.69) is 25.3 Å². The number of nitrogens with one attached hydrogen (secondary N) is 4. The first kappa shape index (κ1) is 34.7. The highest BCUT2D eigenvalue weighted by Crippen LogP contribution is 2.47. The summed E-state index contributed by atoms with van der Waals surface area (Å²) < 4.78 is 39.0. The number of alkyl carbamates (subject to hydrolysis) is 1. The van der Waals surface area contributed by atoms with Crippen molar-refractivity contribution in [3.63, 3.8) is 0 Å². The number of H-pyrrole nitrogens is 1. The van der Waals surface area contributed by atoms with Gasteiger partial charge in [0, 0.05) is 12.3 Å². The molecule has 0 bridgehead atoms. The standard InChI is InChI=1S/C34H46N6O8S/c1-32(2,3)48-31(44)37-25-15-9-7-5-6-8-12-21-19-34(21,29(43)39-49(45,46)33(4)16-17-33)38-27(41)26-18-22(20-40(26)28(25)42)47-30-35-23-13-10-11-14-24(23)36-30/h8,10-14,21-22,25-26H,5-7,9,15-20H2,1-4H3,(H,35,36)(H,37,44)(H,38,41)(H,39,43)/b12-8-/t21-,22-,25+,26+,34-/m1/s1. The van der Waals surface area contributed by atoms with Crippen LogP contribution in [0.4, 0.5) is 4.79 Å². The van der Waals surface area contributed by atoms with Crippen molar-refractivity contribution in [2.45, 2.75) is 120 Å². The molecule has 4 N–H and O–H groups in total. The van der Waals surface area contributed by atoms with Crippen molar-refractivity contribution >= 4 is 44.9 Å². The number of fused-ring (bicyclic) bond motifs is 3. The van der Waals surface area contributed by atoms with Crippen LogP contribution in [-0.4, -0.2) is 87.7 Å². The van der Waals surface area contributed by atoms with Crippen molar-refractivity contribution in [2.75, 3.05) is 6.54 Å². The van der Waals surface area contributed by atoms with Gasteiger partial charge in [0.2, 0.25) is 21.8 Å². The number of imidazole rings is 1. The van der Waals surface area contributed by atoms with Crippen LogP contribution in [0, 0.1) is 5.92 Å². The molecular formula is C34H46N6O8S. The fraction of sp³-hybridized carbons (Fsp3) is 0.618. The number of benzene rings is 1. The molecule has 2 saturated carbocycles. The van der Waals surface area contributed by atoms with E-state index in [1.165, 1.54) is 4.90 Å². The number of amides is 4. The molecule has 6 rings (SSSR count). The highest BCUT2D eigenvalue weighted by atomic mass is 32.2. The van der Waals surface area contributed by atoms with Gasteiger partial charge in [0.05, 0.1) is 22.3 Å². The summed E-state index contributed by atoms with van der Waals surface area (Å²) in [6.45, 7) is 6.78. The summed E-state index contributed by atoms with van der Waals surface area (Å²) in [6, 6.07) is 5.56. The quantitative estimate of drug-likeness (QED) is 0.329. The van der Waals surface area contributed by atoms with E-state index in [1.807, 2.05) is 36.4 Å². The van der Waals surface area contributed by atoms with Gasteiger partial charge in [0.25, 0.3) is 11.9 Å². The minimum Gasteiger partial charge on any atom is -0.459 e. The number of aromatic amines is 1. The molecule has 5 atom stereocenters. The zero-order valence-corrected chi connectivity index (χ0v) is 29.2. The molecule has 266 valence electrons. The molecule has 15 heteroatoms. The Balaban J connectivity index is 1.29. The molecular weight excluding hydrogens is 652 g/mol. The molecule has 2 aromatic rings. The second-order valence-electron chi connectivity index (χ2n) is 15.0. The van der Waals surface area contributed by atoms with E-state index in [-0.39, 0.29) is 25.4 Å². The molecule has 3 heterocycles. The number of para-hydroxylation sites is 2. The Morgan fingerprint density at radius 1 is 1.10 bits per heavy atom. The maximum absolute atomic E-state index is 14.3. The first-order valence-electron chi connectivity index (χ1n) is 17.1. The van der Waals surface area contributed by atoms with Crippen molar-refractivity contribution in [1.82, 2.24) is 30.2 Å². The fourth-order valence-electron chi connectivity index (χ4n) is 6.54. The Morgan fingerprint density at radius 3 is 2.57 bits per heavy atom. The minimum atomic E-state index is -3.96. The average Bonchev–Trinajstić information content (AvgIpc) is 3.82. The lowest BCUT2D eigenvalue weighted by Gasteiger charge is -2.30. The number of carbonyl (C=O) groups excluding carboxylic acids is 4. The smallest absolute Gasteiger partial charge is 0.408 e. The van der Waals surface area contributed by atoms with E-state index in [9.17, 15) is 27.6 Å². The number of nitrogens with zero attached hydrogens (tertiary/aromatic N) is 2. The summed E-state index contributed by atoms with van der Waals surface area (Å²) in [6.07, 6.45) is 6.83. The van der Waals surface area contributed by atoms with Gasteiger partial charge >= 0.3 is 6.09 Å². The first-order chi connectivity index (χ1) is 23.1. The lowest BCUT2D eigenvalue weighted by atomic mass is 10.0. The van der Waals surface area contributed by atoms with Crippen LogP contribution >= 0.6 is 0 Å². The molecule has 4 amide bonds. The van der Waals surface area contributed by atoms with Crippen molar-refractivity contribution in [3.05, 3.63) is 36.4 Å². The second-order valence-corrected chi connectivity index (χ2v) is 17.2. The first-order valence-corrected chi connectivity index (χ1v) is 18.5. The largest absolute Gasteiger partial charge is 0.459 e. The number of ether oxygens (including phenoxy) is 2. The van der Waals surface area contributed by atoms with Crippen LogP contribution in [0.1, 0.15) is 85.5 Å². The van der Waals surface area contributed by atoms with Crippen LogP contribution in [0.2, 0.25) is 0 Å². The number of carbonyl (C=O) groups is 4. The van der Waals surface area contributed by atoms with Crippen molar-refractivity contribution in [3.8, 4) is 6.01 Å². The molecule has 14 nitrogen and oxygen atoms in total. The number of allylic oxidation sites excluding steroid dienone is 1. The molecule has 1 aromatic carbocycles. The summed E-state index contributed by atoms with van der Waals surface area (Å²) in [7, 11) is -3.96. The van der Waals surface area contributed by atoms with Gasteiger partial charge in [-0.3, -0.25) is 19.1 Å². The third-order valence-electron chi connectivity index (χ3n) is 9.81. The minimum absolute atomic E-state index is 0.00965. The SMILES string of the molecule is CC(C)(C)OC(=O)N[C@H]1CCCCC/C=C\[C@@H]2C[C@@]2(C(=O)NS(=O)(=O)C2(C)CC2)NC(=O)[C@@H]2C[C@@H](Oc3nc4ccccc4[nH]3)CN2C1=O. The Labute approximate surface area is 286 Å². The van der Waals surface area contributed by atoms with Crippen LogP contribution < -0.4 is 20.1 Å². The van der Waals surface area contributed by atoms with Gasteiger partial charge in [-0.25, -0.2) is 13.2 Å². The summed E-state index contributed by atoms with van der Waals surface area (Å²) in [5.74, 6) is -2.30. The van der Waals surface area contributed by atoms with E-state index in [1.54, 1.807) is 27.7 Å². The van der Waals surface area contributed by atoms with E-state index < -0.39 is 73.8 Å². The highest BCUT2D eigenvalue weighted by Gasteiger charge is 2.63. The van der Waals surface area contributed by atoms with Crippen LogP contribution in [0.5, 0.6) is 6.01 Å². The third kappa shape index (κ3) is 7.55. The van der Waals surface area contributed by atoms with Crippen LogP contribution in [0.25, 0.3) is 11.0 Å². The molecule has 49 heavy (non-hydrogen) atoms. The van der Waals surface area contributed by atoms with Gasteiger partial charge in [-0.2, -0.15) is 4.98 Å². The van der Waals surface area contributed by atoms with E-state index in [0.29, 0.717) is 37.6 Å². The predicted molar refractivity (Wildman–Crippen MR) is 180 cm³/mol. The number of sulfonamides is 1. The maximum Gasteiger partial charge on any atom is 0.408 e. The summed E-state index contributed by atoms with van der Waals surface area (Å²) in [4.78, 5) is 64.0. The lowest BCUT2D eigenvalue weighted by molar-refractivity contribution is -0.141. The molecule has 1 aromatic heterocycles. The molecule has 1 saturated heterocycles. The van der Waals surface area contributed by atoms with E-state index in [0.717, 1.165) is 18.4 Å². The van der Waals surface area contributed by atoms with Crippen LogP contribution in [0.15, 0.2) is 36.4 Å². The number of aromatic nitrogens is 2. The molecule has 3 fully saturated rings. The zero-order chi connectivity index (χ0) is 35.2. The van der Waals surface area contributed by atoms with Crippen LogP contribution in [-0.2, 0) is 29.1 Å². The van der Waals surface area contributed by atoms with Gasteiger partial charge < -0.3 is 30.0 Å². The van der Waals surface area contributed by atoms with Gasteiger partial charge in [-0.1, -0.05) is 37.1 Å². The topological polar surface area (TPSA) is 189 Å². The average molecular weight is 699 g/mol. The van der Waals surface area contributed by atoms with Gasteiger partial charge in [0.15, 0.2) is 0 Å². The normalized spacial score (nSPS) is 29.3. The maximum atomic E-state index is 14.3. The van der Waals surface area contributed by atoms with E-state index >= 15 is 0 Å². The molecule has 0 spiro atoms. The lowest BCUT2D eigenvalue weighted by Crippen LogP contribution is -2.58. The fourth-order valence-corrected chi connectivity index (χ4v) is 7.85. The molecule has 0 radical (unpaired) electrons. The Bertz CT molecular complexity index is 1730.